The van der Waals surface area contributed by atoms with Gasteiger partial charge in [0.25, 0.3) is 5.91 Å². The van der Waals surface area contributed by atoms with Gasteiger partial charge in [-0.05, 0) is 48.2 Å². The molecule has 1 aliphatic heterocycles. The molecular weight excluding hydrogens is 467 g/mol. The van der Waals surface area contributed by atoms with Crippen molar-refractivity contribution in [1.82, 2.24) is 15.2 Å². The number of benzene rings is 2. The summed E-state index contributed by atoms with van der Waals surface area (Å²) in [6, 6.07) is 17.1. The third-order valence-electron chi connectivity index (χ3n) is 6.02. The van der Waals surface area contributed by atoms with Crippen molar-refractivity contribution in [2.45, 2.75) is 37.9 Å². The van der Waals surface area contributed by atoms with Gasteiger partial charge < -0.3 is 25.4 Å². The minimum Gasteiger partial charge on any atom is -0.548 e. The van der Waals surface area contributed by atoms with E-state index in [1.165, 1.54) is 17.3 Å². The zero-order valence-corrected chi connectivity index (χ0v) is 20.4. The number of anilines is 1. The van der Waals surface area contributed by atoms with Crippen LogP contribution in [0, 0.1) is 0 Å². The molecule has 1 fully saturated rings. The summed E-state index contributed by atoms with van der Waals surface area (Å²) in [4.78, 5) is 54.8. The minimum atomic E-state index is -1.42. The number of pyridine rings is 1. The van der Waals surface area contributed by atoms with E-state index < -0.39 is 24.0 Å². The second-order valence-electron chi connectivity index (χ2n) is 8.53. The van der Waals surface area contributed by atoms with Gasteiger partial charge in [-0.15, -0.1) is 0 Å². The van der Waals surface area contributed by atoms with Crippen molar-refractivity contribution in [1.29, 1.82) is 0 Å². The molecule has 9 nitrogen and oxygen atoms in total. The molecule has 184 valence electrons. The Kier molecular flexibility index (Phi) is 9.61. The van der Waals surface area contributed by atoms with E-state index in [-0.39, 0.29) is 50.1 Å². The molecule has 0 unspecified atom stereocenters. The van der Waals surface area contributed by atoms with E-state index in [1.54, 1.807) is 36.4 Å². The maximum Gasteiger partial charge on any atom is 1.00 e. The summed E-state index contributed by atoms with van der Waals surface area (Å²) in [6.45, 7) is 0.278. The van der Waals surface area contributed by atoms with Crippen LogP contribution < -0.4 is 34.6 Å². The Hall–Kier alpha value is -3.93. The smallest absolute Gasteiger partial charge is 0.548 e. The van der Waals surface area contributed by atoms with Crippen molar-refractivity contribution in [3.05, 3.63) is 95.8 Å². The van der Waals surface area contributed by atoms with Gasteiger partial charge in [-0.1, -0.05) is 42.5 Å². The molecule has 0 bridgehead atoms. The molecule has 2 heterocycles. The number of amides is 3. The van der Waals surface area contributed by atoms with Crippen LogP contribution in [0.4, 0.5) is 5.69 Å². The molecule has 2 N–H and O–H groups in total. The minimum absolute atomic E-state index is 0. The summed E-state index contributed by atoms with van der Waals surface area (Å²) < 4.78 is 0. The Morgan fingerprint density at radius 2 is 1.65 bits per heavy atom. The van der Waals surface area contributed by atoms with Crippen LogP contribution in [0.1, 0.15) is 34.3 Å². The fourth-order valence-electron chi connectivity index (χ4n) is 4.11. The molecule has 1 aromatic heterocycles. The van der Waals surface area contributed by atoms with E-state index in [9.17, 15) is 24.3 Å². The van der Waals surface area contributed by atoms with Crippen molar-refractivity contribution in [3.63, 3.8) is 0 Å². The molecule has 2 atom stereocenters. The number of carbonyl (C=O) groups excluding carboxylic acids is 4. The molecule has 4 rings (SSSR count). The first-order valence-corrected chi connectivity index (χ1v) is 11.6. The number of carbonyl (C=O) groups is 4. The van der Waals surface area contributed by atoms with Crippen LogP contribution in [0.25, 0.3) is 0 Å². The van der Waals surface area contributed by atoms with E-state index in [0.717, 1.165) is 5.56 Å². The second-order valence-corrected chi connectivity index (χ2v) is 8.53. The van der Waals surface area contributed by atoms with Crippen LogP contribution in [-0.2, 0) is 27.3 Å². The normalized spacial score (nSPS) is 15.4. The van der Waals surface area contributed by atoms with Crippen LogP contribution >= 0.6 is 0 Å². The Morgan fingerprint density at radius 3 is 2.30 bits per heavy atom. The van der Waals surface area contributed by atoms with E-state index in [4.69, 9.17) is 0 Å². The molecule has 3 aromatic rings. The Bertz CT molecular complexity index is 1240. The van der Waals surface area contributed by atoms with Gasteiger partial charge in [0, 0.05) is 36.6 Å². The molecule has 37 heavy (non-hydrogen) atoms. The zero-order valence-electron chi connectivity index (χ0n) is 20.4. The van der Waals surface area contributed by atoms with E-state index in [1.807, 2.05) is 30.3 Å². The average molecular weight is 492 g/mol. The molecule has 0 radical (unpaired) electrons. The fourth-order valence-corrected chi connectivity index (χ4v) is 4.11. The SMILES string of the molecule is O=C(Nc1ccc(C[C@H](NC(=O)[C@@H]2CCC(=O)N2Cc2ccccc2)C(=O)[O-])cc1)c1ccncc1.[Li+]. The first-order chi connectivity index (χ1) is 17.4. The van der Waals surface area contributed by atoms with Crippen molar-refractivity contribution < 1.29 is 43.1 Å². The van der Waals surface area contributed by atoms with Crippen LogP contribution in [-0.4, -0.2) is 45.7 Å². The second kappa shape index (κ2) is 12.9. The summed E-state index contributed by atoms with van der Waals surface area (Å²) in [5, 5.41) is 17.1. The topological polar surface area (TPSA) is 132 Å². The number of carboxylic acids is 1. The molecule has 0 spiro atoms. The van der Waals surface area contributed by atoms with Crippen LogP contribution in [0.15, 0.2) is 79.1 Å². The molecule has 0 saturated carbocycles. The summed E-state index contributed by atoms with van der Waals surface area (Å²) in [6.07, 6.45) is 3.59. The molecule has 1 saturated heterocycles. The maximum atomic E-state index is 13.0. The number of hydrogen-bond donors (Lipinski definition) is 2. The summed E-state index contributed by atoms with van der Waals surface area (Å²) in [7, 11) is 0. The van der Waals surface area contributed by atoms with Crippen molar-refractivity contribution >= 4 is 29.4 Å². The van der Waals surface area contributed by atoms with E-state index >= 15 is 0 Å². The Labute approximate surface area is 226 Å². The maximum absolute atomic E-state index is 13.0. The van der Waals surface area contributed by atoms with Crippen molar-refractivity contribution in [2.75, 3.05) is 5.32 Å². The van der Waals surface area contributed by atoms with Gasteiger partial charge in [0.1, 0.15) is 6.04 Å². The van der Waals surface area contributed by atoms with Gasteiger partial charge in [0.05, 0.1) is 12.0 Å². The van der Waals surface area contributed by atoms with Crippen LogP contribution in [0.5, 0.6) is 0 Å². The first-order valence-electron chi connectivity index (χ1n) is 11.6. The van der Waals surface area contributed by atoms with Gasteiger partial charge in [0.15, 0.2) is 0 Å². The Balaban J connectivity index is 0.00000380. The van der Waals surface area contributed by atoms with Gasteiger partial charge in [0.2, 0.25) is 11.8 Å². The van der Waals surface area contributed by atoms with Crippen LogP contribution in [0.2, 0.25) is 0 Å². The number of carboxylic acid groups (broad SMARTS) is 1. The summed E-state index contributed by atoms with van der Waals surface area (Å²) >= 11 is 0. The van der Waals surface area contributed by atoms with Gasteiger partial charge in [-0.25, -0.2) is 0 Å². The van der Waals surface area contributed by atoms with Gasteiger partial charge in [-0.2, -0.15) is 0 Å². The number of aliphatic carboxylic acids is 1. The molecular formula is C27H25LiN4O5. The number of nitrogens with zero attached hydrogens (tertiary/aromatic N) is 2. The zero-order chi connectivity index (χ0) is 25.5. The van der Waals surface area contributed by atoms with Crippen LogP contribution in [0.3, 0.4) is 0 Å². The number of nitrogens with one attached hydrogen (secondary N) is 2. The molecule has 0 aliphatic carbocycles. The number of hydrogen-bond acceptors (Lipinski definition) is 6. The third kappa shape index (κ3) is 7.29. The number of aromatic nitrogens is 1. The first kappa shape index (κ1) is 27.7. The quantitative estimate of drug-likeness (QED) is 0.343. The largest absolute Gasteiger partial charge is 1.00 e. The molecule has 2 aromatic carbocycles. The van der Waals surface area contributed by atoms with Crippen molar-refractivity contribution in [2.24, 2.45) is 0 Å². The monoisotopic (exact) mass is 492 g/mol. The predicted molar refractivity (Wildman–Crippen MR) is 129 cm³/mol. The van der Waals surface area contributed by atoms with E-state index in [2.05, 4.69) is 15.6 Å². The standard InChI is InChI=1S/C27H26N4O5.Li/c32-24-11-10-23(31(24)17-19-4-2-1-3-5-19)26(34)30-22(27(35)36)16-18-6-8-21(9-7-18)29-25(33)20-12-14-28-15-13-20;/h1-9,12-15,22-23H,10-11,16-17H2,(H,29,33)(H,30,34)(H,35,36);/q;+1/p-1/t22-,23-;/m0./s1. The van der Waals surface area contributed by atoms with Crippen molar-refractivity contribution in [3.8, 4) is 0 Å². The Morgan fingerprint density at radius 1 is 0.973 bits per heavy atom. The predicted octanol–water partition coefficient (Wildman–Crippen LogP) is -1.69. The fraction of sp³-hybridized carbons (Fsp3) is 0.222. The average Bonchev–Trinajstić information content (AvgIpc) is 3.25. The number of rotatable bonds is 9. The van der Waals surface area contributed by atoms with Gasteiger partial charge >= 0.3 is 18.9 Å². The summed E-state index contributed by atoms with van der Waals surface area (Å²) in [5.74, 6) is -2.38. The molecule has 1 aliphatic rings. The molecule has 3 amide bonds. The number of likely N-dealkylation sites (tertiary alicyclic amines) is 1. The molecule has 10 heteroatoms. The third-order valence-corrected chi connectivity index (χ3v) is 6.02. The van der Waals surface area contributed by atoms with E-state index in [0.29, 0.717) is 23.2 Å². The summed E-state index contributed by atoms with van der Waals surface area (Å²) in [5.41, 5.74) is 2.52. The van der Waals surface area contributed by atoms with Gasteiger partial charge in [-0.3, -0.25) is 19.4 Å².